The van der Waals surface area contributed by atoms with E-state index in [0.29, 0.717) is 12.5 Å². The molecule has 3 N–H and O–H groups in total. The van der Waals surface area contributed by atoms with E-state index in [9.17, 15) is 4.79 Å². The lowest BCUT2D eigenvalue weighted by atomic mass is 10.2. The molecule has 1 fully saturated rings. The van der Waals surface area contributed by atoms with Gasteiger partial charge in [0.1, 0.15) is 0 Å². The first-order valence-electron chi connectivity index (χ1n) is 6.51. The first kappa shape index (κ1) is 14.4. The van der Waals surface area contributed by atoms with Crippen LogP contribution in [0.15, 0.2) is 0 Å². The summed E-state index contributed by atoms with van der Waals surface area (Å²) in [5.74, 6) is 0.336. The lowest BCUT2D eigenvalue weighted by Gasteiger charge is -2.30. The number of hydrogen-bond acceptors (Lipinski definition) is 4. The molecule has 0 radical (unpaired) electrons. The Bertz CT molecular complexity index is 227. The van der Waals surface area contributed by atoms with Gasteiger partial charge in [0, 0.05) is 45.8 Å². The Hall–Kier alpha value is -0.650. The van der Waals surface area contributed by atoms with Crippen LogP contribution in [0.25, 0.3) is 0 Å². The van der Waals surface area contributed by atoms with E-state index in [1.165, 1.54) is 0 Å². The third-order valence-electron chi connectivity index (χ3n) is 2.94. The molecule has 1 saturated heterocycles. The van der Waals surface area contributed by atoms with Crippen LogP contribution in [0.5, 0.6) is 0 Å². The highest BCUT2D eigenvalue weighted by Crippen LogP contribution is 2.00. The minimum absolute atomic E-state index is 0.231. The number of nitrogens with zero attached hydrogens (tertiary/aromatic N) is 2. The molecule has 100 valence electrons. The summed E-state index contributed by atoms with van der Waals surface area (Å²) in [6.07, 6.45) is 0. The van der Waals surface area contributed by atoms with Crippen molar-refractivity contribution in [3.63, 3.8) is 0 Å². The van der Waals surface area contributed by atoms with E-state index in [1.54, 1.807) is 0 Å². The Morgan fingerprint density at radius 1 is 1.41 bits per heavy atom. The minimum Gasteiger partial charge on any atom is -0.369 e. The van der Waals surface area contributed by atoms with E-state index in [2.05, 4.69) is 29.0 Å². The highest BCUT2D eigenvalue weighted by Gasteiger charge is 2.14. The maximum Gasteiger partial charge on any atom is 0.231 e. The van der Waals surface area contributed by atoms with Gasteiger partial charge in [-0.15, -0.1) is 0 Å². The number of carbonyl (C=O) groups is 1. The highest BCUT2D eigenvalue weighted by atomic mass is 16.1. The maximum atomic E-state index is 11.0. The number of carbonyl (C=O) groups excluding carboxylic acids is 1. The molecule has 5 heteroatoms. The smallest absolute Gasteiger partial charge is 0.231 e. The molecule has 1 aliphatic heterocycles. The van der Waals surface area contributed by atoms with Crippen LogP contribution >= 0.6 is 0 Å². The molecule has 0 aromatic carbocycles. The molecule has 1 aliphatic rings. The molecule has 0 aliphatic carbocycles. The average Bonchev–Trinajstić information content (AvgIpc) is 2.26. The molecule has 0 aromatic rings. The maximum absolute atomic E-state index is 11.0. The zero-order chi connectivity index (χ0) is 12.7. The molecule has 0 saturated carbocycles. The van der Waals surface area contributed by atoms with Crippen LogP contribution < -0.4 is 11.1 Å². The van der Waals surface area contributed by atoms with Gasteiger partial charge < -0.3 is 11.1 Å². The van der Waals surface area contributed by atoms with E-state index in [0.717, 1.165) is 45.8 Å². The molecule has 0 atom stereocenters. The van der Waals surface area contributed by atoms with Crippen LogP contribution in [-0.2, 0) is 4.79 Å². The summed E-state index contributed by atoms with van der Waals surface area (Å²) < 4.78 is 0. The molecule has 17 heavy (non-hydrogen) atoms. The zero-order valence-electron chi connectivity index (χ0n) is 11.1. The number of rotatable bonds is 7. The molecule has 0 spiro atoms. The van der Waals surface area contributed by atoms with Crippen molar-refractivity contribution in [2.75, 3.05) is 52.4 Å². The fraction of sp³-hybridized carbons (Fsp3) is 0.917. The van der Waals surface area contributed by atoms with Crippen LogP contribution in [-0.4, -0.2) is 68.1 Å². The molecular weight excluding hydrogens is 216 g/mol. The van der Waals surface area contributed by atoms with E-state index in [-0.39, 0.29) is 5.91 Å². The average molecular weight is 242 g/mol. The SMILES string of the molecule is CC(C)CN(CCN1CCNCC1)CC(N)=O. The van der Waals surface area contributed by atoms with Gasteiger partial charge in [-0.25, -0.2) is 0 Å². The van der Waals surface area contributed by atoms with Gasteiger partial charge in [0.15, 0.2) is 0 Å². The van der Waals surface area contributed by atoms with E-state index >= 15 is 0 Å². The fourth-order valence-corrected chi connectivity index (χ4v) is 2.19. The number of hydrogen-bond donors (Lipinski definition) is 2. The van der Waals surface area contributed by atoms with Gasteiger partial charge in [-0.1, -0.05) is 13.8 Å². The van der Waals surface area contributed by atoms with Crippen molar-refractivity contribution >= 4 is 5.91 Å². The van der Waals surface area contributed by atoms with E-state index in [4.69, 9.17) is 5.73 Å². The molecule has 1 heterocycles. The van der Waals surface area contributed by atoms with Gasteiger partial charge in [-0.2, -0.15) is 0 Å². The van der Waals surface area contributed by atoms with Crippen molar-refractivity contribution in [2.45, 2.75) is 13.8 Å². The summed E-state index contributed by atoms with van der Waals surface area (Å²) in [6.45, 7) is 12.0. The summed E-state index contributed by atoms with van der Waals surface area (Å²) in [6, 6.07) is 0. The Balaban J connectivity index is 2.28. The normalized spacial score (nSPS) is 17.9. The molecular formula is C12H26N4O. The molecule has 1 amide bonds. The van der Waals surface area contributed by atoms with Crippen molar-refractivity contribution in [3.8, 4) is 0 Å². The van der Waals surface area contributed by atoms with Crippen LogP contribution in [0.1, 0.15) is 13.8 Å². The van der Waals surface area contributed by atoms with Gasteiger partial charge in [0.05, 0.1) is 6.54 Å². The van der Waals surface area contributed by atoms with Crippen molar-refractivity contribution in [3.05, 3.63) is 0 Å². The Morgan fingerprint density at radius 2 is 2.06 bits per heavy atom. The third-order valence-corrected chi connectivity index (χ3v) is 2.94. The summed E-state index contributed by atoms with van der Waals surface area (Å²) in [7, 11) is 0. The number of primary amides is 1. The second-order valence-electron chi connectivity index (χ2n) is 5.19. The first-order chi connectivity index (χ1) is 8.08. The highest BCUT2D eigenvalue weighted by molar-refractivity contribution is 5.75. The lowest BCUT2D eigenvalue weighted by Crippen LogP contribution is -2.47. The number of nitrogens with one attached hydrogen (secondary N) is 1. The van der Waals surface area contributed by atoms with Crippen LogP contribution in [0, 0.1) is 5.92 Å². The Morgan fingerprint density at radius 3 is 2.59 bits per heavy atom. The molecule has 0 unspecified atom stereocenters. The first-order valence-corrected chi connectivity index (χ1v) is 6.51. The number of amides is 1. The second-order valence-corrected chi connectivity index (χ2v) is 5.19. The quantitative estimate of drug-likeness (QED) is 0.622. The largest absolute Gasteiger partial charge is 0.369 e. The summed E-state index contributed by atoms with van der Waals surface area (Å²) >= 11 is 0. The monoisotopic (exact) mass is 242 g/mol. The van der Waals surface area contributed by atoms with Gasteiger partial charge in [0.2, 0.25) is 5.91 Å². The van der Waals surface area contributed by atoms with Gasteiger partial charge in [-0.05, 0) is 5.92 Å². The van der Waals surface area contributed by atoms with E-state index < -0.39 is 0 Å². The zero-order valence-corrected chi connectivity index (χ0v) is 11.1. The fourth-order valence-electron chi connectivity index (χ4n) is 2.19. The molecule has 0 aromatic heterocycles. The minimum atomic E-state index is -0.231. The van der Waals surface area contributed by atoms with E-state index in [1.807, 2.05) is 0 Å². The topological polar surface area (TPSA) is 61.6 Å². The Labute approximate surface area is 104 Å². The Kier molecular flexibility index (Phi) is 6.47. The van der Waals surface area contributed by atoms with Crippen LogP contribution in [0.3, 0.4) is 0 Å². The van der Waals surface area contributed by atoms with Gasteiger partial charge in [0.25, 0.3) is 0 Å². The number of piperazine rings is 1. The second kappa shape index (κ2) is 7.63. The van der Waals surface area contributed by atoms with Crippen molar-refractivity contribution < 1.29 is 4.79 Å². The summed E-state index contributed by atoms with van der Waals surface area (Å²) in [4.78, 5) is 15.6. The lowest BCUT2D eigenvalue weighted by molar-refractivity contribution is -0.119. The number of nitrogens with two attached hydrogens (primary N) is 1. The predicted molar refractivity (Wildman–Crippen MR) is 69.8 cm³/mol. The summed E-state index contributed by atoms with van der Waals surface area (Å²) in [5, 5.41) is 3.34. The molecule has 0 bridgehead atoms. The predicted octanol–water partition coefficient (Wildman–Crippen LogP) is -0.665. The summed E-state index contributed by atoms with van der Waals surface area (Å²) in [5.41, 5.74) is 5.27. The van der Waals surface area contributed by atoms with Crippen molar-refractivity contribution in [2.24, 2.45) is 11.7 Å². The van der Waals surface area contributed by atoms with Crippen LogP contribution in [0.4, 0.5) is 0 Å². The molecule has 5 nitrogen and oxygen atoms in total. The van der Waals surface area contributed by atoms with Crippen molar-refractivity contribution in [1.29, 1.82) is 0 Å². The van der Waals surface area contributed by atoms with Crippen LogP contribution in [0.2, 0.25) is 0 Å². The van der Waals surface area contributed by atoms with Gasteiger partial charge >= 0.3 is 0 Å². The third kappa shape index (κ3) is 6.61. The standard InChI is InChI=1S/C12H26N4O/c1-11(2)9-16(10-12(13)17)8-7-15-5-3-14-4-6-15/h11,14H,3-10H2,1-2H3,(H2,13,17). The van der Waals surface area contributed by atoms with Crippen molar-refractivity contribution in [1.82, 2.24) is 15.1 Å². The molecule has 1 rings (SSSR count). The van der Waals surface area contributed by atoms with Gasteiger partial charge in [-0.3, -0.25) is 14.6 Å².